The molecule has 0 amide bonds. The zero-order chi connectivity index (χ0) is 13.4. The second kappa shape index (κ2) is 5.04. The summed E-state index contributed by atoms with van der Waals surface area (Å²) in [7, 11) is 0. The second-order valence-corrected chi connectivity index (χ2v) is 5.47. The number of benzene rings is 2. The predicted molar refractivity (Wildman–Crippen MR) is 75.8 cm³/mol. The van der Waals surface area contributed by atoms with Gasteiger partial charge in [-0.25, -0.2) is 0 Å². The third-order valence-corrected chi connectivity index (χ3v) is 3.73. The molecule has 19 heavy (non-hydrogen) atoms. The highest BCUT2D eigenvalue weighted by atomic mass is 35.5. The fourth-order valence-electron chi connectivity index (χ4n) is 2.33. The first-order valence-corrected chi connectivity index (χ1v) is 6.79. The quantitative estimate of drug-likeness (QED) is 0.836. The van der Waals surface area contributed by atoms with Crippen molar-refractivity contribution in [1.29, 1.82) is 0 Å². The fourth-order valence-corrected chi connectivity index (χ4v) is 2.71. The third-order valence-electron chi connectivity index (χ3n) is 3.26. The van der Waals surface area contributed by atoms with Crippen molar-refractivity contribution in [3.05, 3.63) is 63.6 Å². The smallest absolute Gasteiger partial charge is 0.127 e. The van der Waals surface area contributed by atoms with Crippen LogP contribution >= 0.6 is 23.2 Å². The minimum absolute atomic E-state index is 0.192. The van der Waals surface area contributed by atoms with Crippen LogP contribution in [0.1, 0.15) is 29.8 Å². The van der Waals surface area contributed by atoms with Gasteiger partial charge in [0.1, 0.15) is 11.9 Å². The first-order chi connectivity index (χ1) is 9.13. The third kappa shape index (κ3) is 2.57. The first kappa shape index (κ1) is 12.8. The van der Waals surface area contributed by atoms with Gasteiger partial charge in [0.05, 0.1) is 6.10 Å². The topological polar surface area (TPSA) is 29.5 Å². The number of aliphatic hydroxyl groups excluding tert-OH is 1. The largest absolute Gasteiger partial charge is 0.485 e. The van der Waals surface area contributed by atoms with E-state index in [4.69, 9.17) is 27.9 Å². The Kier molecular flexibility index (Phi) is 3.40. The van der Waals surface area contributed by atoms with Gasteiger partial charge in [-0.15, -0.1) is 0 Å². The Labute approximate surface area is 121 Å². The number of aliphatic hydroxyl groups is 1. The van der Waals surface area contributed by atoms with Crippen molar-refractivity contribution in [2.45, 2.75) is 18.6 Å². The predicted octanol–water partition coefficient (Wildman–Crippen LogP) is 4.55. The molecule has 1 aliphatic heterocycles. The molecule has 98 valence electrons. The van der Waals surface area contributed by atoms with Crippen molar-refractivity contribution in [3.63, 3.8) is 0 Å². The summed E-state index contributed by atoms with van der Waals surface area (Å²) in [6, 6.07) is 12.8. The van der Waals surface area contributed by atoms with E-state index in [0.717, 1.165) is 11.1 Å². The summed E-state index contributed by atoms with van der Waals surface area (Å²) in [5.41, 5.74) is 1.71. The van der Waals surface area contributed by atoms with Gasteiger partial charge in [-0.05, 0) is 35.9 Å². The maximum atomic E-state index is 10.2. The summed E-state index contributed by atoms with van der Waals surface area (Å²) in [4.78, 5) is 0. The highest BCUT2D eigenvalue weighted by molar-refractivity contribution is 6.31. The van der Waals surface area contributed by atoms with Crippen LogP contribution in [-0.4, -0.2) is 5.11 Å². The maximum absolute atomic E-state index is 10.2. The summed E-state index contributed by atoms with van der Waals surface area (Å²) in [5, 5.41) is 11.5. The van der Waals surface area contributed by atoms with Gasteiger partial charge in [-0.2, -0.15) is 0 Å². The minimum atomic E-state index is -0.577. The maximum Gasteiger partial charge on any atom is 0.127 e. The van der Waals surface area contributed by atoms with Crippen LogP contribution in [0.4, 0.5) is 0 Å². The molecule has 0 aliphatic carbocycles. The van der Waals surface area contributed by atoms with Crippen LogP contribution in [0.15, 0.2) is 42.5 Å². The molecular formula is C15H12Cl2O2. The van der Waals surface area contributed by atoms with Gasteiger partial charge >= 0.3 is 0 Å². The highest BCUT2D eigenvalue weighted by Crippen LogP contribution is 2.41. The lowest BCUT2D eigenvalue weighted by Gasteiger charge is -2.30. The summed E-state index contributed by atoms with van der Waals surface area (Å²) in [5.74, 6) is 0.674. The standard InChI is InChI=1S/C15H12Cl2O2/c16-10-3-1-2-9(6-10)15-8-13(18)12-7-11(17)4-5-14(12)19-15/h1-7,13,15,18H,8H2. The Morgan fingerprint density at radius 1 is 1.05 bits per heavy atom. The van der Waals surface area contributed by atoms with Gasteiger partial charge in [0, 0.05) is 22.0 Å². The molecule has 0 saturated carbocycles. The van der Waals surface area contributed by atoms with Gasteiger partial charge in [0.25, 0.3) is 0 Å². The van der Waals surface area contributed by atoms with Crippen LogP contribution in [0.2, 0.25) is 10.0 Å². The van der Waals surface area contributed by atoms with Crippen LogP contribution in [0, 0.1) is 0 Å². The van der Waals surface area contributed by atoms with E-state index in [1.807, 2.05) is 24.3 Å². The Bertz CT molecular complexity index is 613. The van der Waals surface area contributed by atoms with Crippen LogP contribution < -0.4 is 4.74 Å². The van der Waals surface area contributed by atoms with Crippen LogP contribution in [0.5, 0.6) is 5.75 Å². The van der Waals surface area contributed by atoms with E-state index < -0.39 is 6.10 Å². The molecular weight excluding hydrogens is 283 g/mol. The number of hydrogen-bond acceptors (Lipinski definition) is 2. The van der Waals surface area contributed by atoms with Crippen molar-refractivity contribution < 1.29 is 9.84 Å². The normalized spacial score (nSPS) is 21.6. The van der Waals surface area contributed by atoms with Gasteiger partial charge in [0.2, 0.25) is 0 Å². The monoisotopic (exact) mass is 294 g/mol. The molecule has 2 nitrogen and oxygen atoms in total. The van der Waals surface area contributed by atoms with Gasteiger partial charge in [0.15, 0.2) is 0 Å². The average Bonchev–Trinajstić information content (AvgIpc) is 2.39. The number of fused-ring (bicyclic) bond motifs is 1. The number of ether oxygens (including phenoxy) is 1. The van der Waals surface area contributed by atoms with Crippen LogP contribution in [0.3, 0.4) is 0 Å². The molecule has 1 aliphatic rings. The SMILES string of the molecule is OC1CC(c2cccc(Cl)c2)Oc2ccc(Cl)cc21. The second-order valence-electron chi connectivity index (χ2n) is 4.60. The molecule has 4 heteroatoms. The first-order valence-electron chi connectivity index (χ1n) is 6.03. The Morgan fingerprint density at radius 3 is 2.63 bits per heavy atom. The van der Waals surface area contributed by atoms with Gasteiger partial charge < -0.3 is 9.84 Å². The summed E-state index contributed by atoms with van der Waals surface area (Å²) < 4.78 is 5.92. The van der Waals surface area contributed by atoms with Crippen molar-refractivity contribution in [3.8, 4) is 5.75 Å². The molecule has 1 heterocycles. The van der Waals surface area contributed by atoms with E-state index in [1.54, 1.807) is 18.2 Å². The van der Waals surface area contributed by atoms with E-state index in [-0.39, 0.29) is 6.10 Å². The molecule has 0 spiro atoms. The van der Waals surface area contributed by atoms with Crippen LogP contribution in [0.25, 0.3) is 0 Å². The molecule has 2 atom stereocenters. The molecule has 0 bridgehead atoms. The molecule has 0 fully saturated rings. The average molecular weight is 295 g/mol. The van der Waals surface area contributed by atoms with Crippen molar-refractivity contribution in [2.24, 2.45) is 0 Å². The Morgan fingerprint density at radius 2 is 1.84 bits per heavy atom. The van der Waals surface area contributed by atoms with E-state index in [1.165, 1.54) is 0 Å². The summed E-state index contributed by atoms with van der Waals surface area (Å²) in [6.07, 6.45) is -0.276. The van der Waals surface area contributed by atoms with E-state index in [2.05, 4.69) is 0 Å². The van der Waals surface area contributed by atoms with E-state index >= 15 is 0 Å². The molecule has 0 saturated heterocycles. The summed E-state index contributed by atoms with van der Waals surface area (Å²) >= 11 is 11.9. The Hall–Kier alpha value is -1.22. The highest BCUT2D eigenvalue weighted by Gasteiger charge is 2.28. The van der Waals surface area contributed by atoms with Crippen LogP contribution in [-0.2, 0) is 0 Å². The molecule has 0 aromatic heterocycles. The molecule has 2 unspecified atom stereocenters. The van der Waals surface area contributed by atoms with Gasteiger partial charge in [-0.3, -0.25) is 0 Å². The molecule has 2 aromatic rings. The lowest BCUT2D eigenvalue weighted by Crippen LogP contribution is -2.19. The lowest BCUT2D eigenvalue weighted by molar-refractivity contribution is 0.0657. The van der Waals surface area contributed by atoms with Crippen molar-refractivity contribution in [2.75, 3.05) is 0 Å². The van der Waals surface area contributed by atoms with Gasteiger partial charge in [-0.1, -0.05) is 35.3 Å². The van der Waals surface area contributed by atoms with E-state index in [0.29, 0.717) is 22.2 Å². The summed E-state index contributed by atoms with van der Waals surface area (Å²) in [6.45, 7) is 0. The lowest BCUT2D eigenvalue weighted by atomic mass is 9.95. The van der Waals surface area contributed by atoms with Crippen molar-refractivity contribution in [1.82, 2.24) is 0 Å². The van der Waals surface area contributed by atoms with E-state index in [9.17, 15) is 5.11 Å². The number of rotatable bonds is 1. The molecule has 0 radical (unpaired) electrons. The van der Waals surface area contributed by atoms with Crippen molar-refractivity contribution >= 4 is 23.2 Å². The molecule has 3 rings (SSSR count). The fraction of sp³-hybridized carbons (Fsp3) is 0.200. The minimum Gasteiger partial charge on any atom is -0.485 e. The molecule has 1 N–H and O–H groups in total. The molecule has 2 aromatic carbocycles. The zero-order valence-corrected chi connectivity index (χ0v) is 11.5. The number of hydrogen-bond donors (Lipinski definition) is 1. The Balaban J connectivity index is 1.95. The zero-order valence-electron chi connectivity index (χ0n) is 10.0. The number of halogens is 2.